The van der Waals surface area contributed by atoms with Crippen molar-refractivity contribution in [2.45, 2.75) is 0 Å². The van der Waals surface area contributed by atoms with Crippen molar-refractivity contribution in [1.29, 1.82) is 0 Å². The van der Waals surface area contributed by atoms with Gasteiger partial charge in [-0.25, -0.2) is 4.98 Å². The molecule has 0 radical (unpaired) electrons. The van der Waals surface area contributed by atoms with Gasteiger partial charge in [0, 0.05) is 11.9 Å². The lowest BCUT2D eigenvalue weighted by Crippen LogP contribution is -2.16. The molecule has 0 fully saturated rings. The summed E-state index contributed by atoms with van der Waals surface area (Å²) in [5, 5.41) is 2.65. The topological polar surface area (TPSA) is 84.1 Å². The Kier molecular flexibility index (Phi) is 3.38. The molecule has 1 aromatic carbocycles. The average molecular weight is 245 g/mol. The van der Waals surface area contributed by atoms with Gasteiger partial charge in [-0.05, 0) is 24.3 Å². The lowest BCUT2D eigenvalue weighted by Gasteiger charge is -2.05. The number of aromatic amines is 1. The van der Waals surface area contributed by atoms with Gasteiger partial charge in [0.15, 0.2) is 0 Å². The molecule has 1 amide bonds. The Labute approximate surface area is 103 Å². The molecule has 2 N–H and O–H groups in total. The van der Waals surface area contributed by atoms with Crippen molar-refractivity contribution in [3.8, 4) is 5.75 Å². The second kappa shape index (κ2) is 5.13. The third-order valence-electron chi connectivity index (χ3n) is 2.25. The third-order valence-corrected chi connectivity index (χ3v) is 2.25. The van der Waals surface area contributed by atoms with Crippen molar-refractivity contribution in [2.75, 3.05) is 12.4 Å². The number of nitrogens with zero attached hydrogens (tertiary/aromatic N) is 1. The highest BCUT2D eigenvalue weighted by molar-refractivity contribution is 6.02. The van der Waals surface area contributed by atoms with E-state index in [2.05, 4.69) is 15.3 Å². The molecular formula is C12H11N3O3. The molecule has 1 heterocycles. The van der Waals surface area contributed by atoms with Gasteiger partial charge >= 0.3 is 0 Å². The number of anilines is 1. The van der Waals surface area contributed by atoms with E-state index < -0.39 is 5.91 Å². The summed E-state index contributed by atoms with van der Waals surface area (Å²) in [6, 6.07) is 6.89. The zero-order valence-electron chi connectivity index (χ0n) is 9.64. The van der Waals surface area contributed by atoms with Crippen LogP contribution in [0.3, 0.4) is 0 Å². The summed E-state index contributed by atoms with van der Waals surface area (Å²) in [4.78, 5) is 28.7. The van der Waals surface area contributed by atoms with Crippen LogP contribution in [0.15, 0.2) is 41.5 Å². The van der Waals surface area contributed by atoms with Crippen LogP contribution in [0.4, 0.5) is 5.69 Å². The Morgan fingerprint density at radius 3 is 2.61 bits per heavy atom. The van der Waals surface area contributed by atoms with E-state index in [9.17, 15) is 9.59 Å². The number of amides is 1. The molecule has 6 heteroatoms. The van der Waals surface area contributed by atoms with E-state index >= 15 is 0 Å². The summed E-state index contributed by atoms with van der Waals surface area (Å²) in [5.41, 5.74) is 0.412. The molecule has 18 heavy (non-hydrogen) atoms. The van der Waals surface area contributed by atoms with Gasteiger partial charge in [-0.3, -0.25) is 9.59 Å². The highest BCUT2D eigenvalue weighted by atomic mass is 16.5. The molecule has 0 aliphatic rings. The van der Waals surface area contributed by atoms with Crippen molar-refractivity contribution in [2.24, 2.45) is 0 Å². The number of carbonyl (C=O) groups is 1. The predicted molar refractivity (Wildman–Crippen MR) is 65.8 cm³/mol. The number of ether oxygens (including phenoxy) is 1. The van der Waals surface area contributed by atoms with E-state index in [0.717, 1.165) is 6.20 Å². The van der Waals surface area contributed by atoms with Gasteiger partial charge < -0.3 is 15.0 Å². The number of H-pyrrole nitrogens is 1. The Balaban J connectivity index is 2.10. The molecule has 0 aliphatic heterocycles. The normalized spacial score (nSPS) is 9.83. The maximum Gasteiger partial charge on any atom is 0.275 e. The van der Waals surface area contributed by atoms with Crippen LogP contribution in [-0.4, -0.2) is 23.0 Å². The van der Waals surface area contributed by atoms with Crippen molar-refractivity contribution < 1.29 is 9.53 Å². The van der Waals surface area contributed by atoms with Crippen LogP contribution in [0.25, 0.3) is 0 Å². The lowest BCUT2D eigenvalue weighted by molar-refractivity contribution is 0.102. The molecule has 2 rings (SSSR count). The number of hydrogen-bond donors (Lipinski definition) is 2. The Bertz CT molecular complexity index is 584. The summed E-state index contributed by atoms with van der Waals surface area (Å²) in [5.74, 6) is 0.312. The number of benzene rings is 1. The van der Waals surface area contributed by atoms with Crippen LogP contribution in [0.1, 0.15) is 10.5 Å². The van der Waals surface area contributed by atoms with E-state index in [1.54, 1.807) is 31.4 Å². The highest BCUT2D eigenvalue weighted by Crippen LogP contribution is 2.15. The smallest absolute Gasteiger partial charge is 0.275 e. The fraction of sp³-hybridized carbons (Fsp3) is 0.0833. The van der Waals surface area contributed by atoms with Crippen LogP contribution in [0, 0.1) is 0 Å². The van der Waals surface area contributed by atoms with Crippen molar-refractivity contribution in [1.82, 2.24) is 9.97 Å². The molecular weight excluding hydrogens is 234 g/mol. The van der Waals surface area contributed by atoms with Crippen LogP contribution < -0.4 is 15.6 Å². The molecule has 0 spiro atoms. The second-order valence-electron chi connectivity index (χ2n) is 3.48. The number of carbonyl (C=O) groups excluding carboxylic acids is 1. The van der Waals surface area contributed by atoms with Gasteiger partial charge in [0.05, 0.1) is 13.3 Å². The molecule has 92 valence electrons. The Morgan fingerprint density at radius 2 is 2.06 bits per heavy atom. The first-order valence-electron chi connectivity index (χ1n) is 5.19. The predicted octanol–water partition coefficient (Wildman–Crippen LogP) is 1.03. The minimum atomic E-state index is -0.392. The largest absolute Gasteiger partial charge is 0.497 e. The molecule has 1 aromatic heterocycles. The first kappa shape index (κ1) is 11.8. The highest BCUT2D eigenvalue weighted by Gasteiger charge is 2.07. The van der Waals surface area contributed by atoms with Gasteiger partial charge in [-0.2, -0.15) is 0 Å². The van der Waals surface area contributed by atoms with Crippen LogP contribution in [-0.2, 0) is 0 Å². The van der Waals surface area contributed by atoms with Crippen LogP contribution >= 0.6 is 0 Å². The first-order chi connectivity index (χ1) is 8.69. The van der Waals surface area contributed by atoms with E-state index in [1.807, 2.05) is 0 Å². The maximum absolute atomic E-state index is 11.8. The summed E-state index contributed by atoms with van der Waals surface area (Å²) in [6.45, 7) is 0. The monoisotopic (exact) mass is 245 g/mol. The number of aromatic nitrogens is 2. The number of hydrogen-bond acceptors (Lipinski definition) is 4. The molecule has 0 saturated carbocycles. The molecule has 2 aromatic rings. The molecule has 0 bridgehead atoms. The summed E-state index contributed by atoms with van der Waals surface area (Å²) < 4.78 is 5.01. The second-order valence-corrected chi connectivity index (χ2v) is 3.48. The van der Waals surface area contributed by atoms with Crippen LogP contribution in [0.2, 0.25) is 0 Å². The van der Waals surface area contributed by atoms with Crippen molar-refractivity contribution in [3.63, 3.8) is 0 Å². The van der Waals surface area contributed by atoms with Gasteiger partial charge in [0.1, 0.15) is 11.4 Å². The fourth-order valence-electron chi connectivity index (χ4n) is 1.34. The zero-order chi connectivity index (χ0) is 13.0. The van der Waals surface area contributed by atoms with E-state index in [4.69, 9.17) is 4.74 Å². The van der Waals surface area contributed by atoms with Gasteiger partial charge in [-0.15, -0.1) is 0 Å². The number of methoxy groups -OCH3 is 1. The first-order valence-corrected chi connectivity index (χ1v) is 5.19. The summed E-state index contributed by atoms with van der Waals surface area (Å²) in [6.07, 6.45) is 2.32. The average Bonchev–Trinajstić information content (AvgIpc) is 2.40. The number of nitrogens with one attached hydrogen (secondary N) is 2. The summed E-state index contributed by atoms with van der Waals surface area (Å²) in [7, 11) is 1.57. The van der Waals surface area contributed by atoms with Crippen molar-refractivity contribution >= 4 is 11.6 Å². The quantitative estimate of drug-likeness (QED) is 0.845. The van der Waals surface area contributed by atoms with Gasteiger partial charge in [0.2, 0.25) is 0 Å². The van der Waals surface area contributed by atoms with Crippen LogP contribution in [0.5, 0.6) is 5.75 Å². The minimum absolute atomic E-state index is 0.144. The van der Waals surface area contributed by atoms with E-state index in [-0.39, 0.29) is 11.3 Å². The minimum Gasteiger partial charge on any atom is -0.497 e. The molecule has 0 saturated heterocycles. The SMILES string of the molecule is COc1ccc(NC(=O)c2c[nH]c(=O)cn2)cc1. The van der Waals surface area contributed by atoms with Gasteiger partial charge in [0.25, 0.3) is 11.5 Å². The van der Waals surface area contributed by atoms with Crippen molar-refractivity contribution in [3.05, 3.63) is 52.7 Å². The number of rotatable bonds is 3. The Hall–Kier alpha value is -2.63. The third kappa shape index (κ3) is 2.73. The zero-order valence-corrected chi connectivity index (χ0v) is 9.64. The fourth-order valence-corrected chi connectivity index (χ4v) is 1.34. The standard InChI is InChI=1S/C12H11N3O3/c1-18-9-4-2-8(3-5-9)15-12(17)10-6-14-11(16)7-13-10/h2-7H,1H3,(H,14,16)(H,15,17). The van der Waals surface area contributed by atoms with E-state index in [1.165, 1.54) is 6.20 Å². The molecule has 0 aliphatic carbocycles. The molecule has 0 atom stereocenters. The Morgan fingerprint density at radius 1 is 1.33 bits per heavy atom. The molecule has 0 unspecified atom stereocenters. The van der Waals surface area contributed by atoms with Gasteiger partial charge in [-0.1, -0.05) is 0 Å². The van der Waals surface area contributed by atoms with E-state index in [0.29, 0.717) is 11.4 Å². The maximum atomic E-state index is 11.8. The lowest BCUT2D eigenvalue weighted by atomic mass is 10.3. The summed E-state index contributed by atoms with van der Waals surface area (Å²) >= 11 is 0. The molecule has 6 nitrogen and oxygen atoms in total.